The number of carbonyl (C=O) groups is 1. The van der Waals surface area contributed by atoms with E-state index in [-0.39, 0.29) is 5.91 Å². The van der Waals surface area contributed by atoms with Gasteiger partial charge in [0.2, 0.25) is 5.82 Å². The van der Waals surface area contributed by atoms with E-state index in [1.54, 1.807) is 0 Å². The lowest BCUT2D eigenvalue weighted by Crippen LogP contribution is -2.35. The number of rotatable bonds is 6. The average molecular weight is 375 g/mol. The van der Waals surface area contributed by atoms with Crippen LogP contribution in [-0.2, 0) is 19.5 Å². The number of nitrogens with zero attached hydrogens (tertiary/aromatic N) is 5. The summed E-state index contributed by atoms with van der Waals surface area (Å²) in [6.07, 6.45) is 0.920. The van der Waals surface area contributed by atoms with Crippen LogP contribution in [0.2, 0.25) is 0 Å². The van der Waals surface area contributed by atoms with Crippen molar-refractivity contribution < 1.29 is 4.79 Å². The molecule has 0 aromatic carbocycles. The molecule has 4 heterocycles. The summed E-state index contributed by atoms with van der Waals surface area (Å²) in [7, 11) is 3.99. The molecule has 0 unspecified atom stereocenters. The summed E-state index contributed by atoms with van der Waals surface area (Å²) in [6.45, 7) is 5.51. The summed E-state index contributed by atoms with van der Waals surface area (Å²) < 4.78 is 2.04. The Kier molecular flexibility index (Phi) is 5.06. The highest BCUT2D eigenvalue weighted by atomic mass is 32.1. The van der Waals surface area contributed by atoms with Gasteiger partial charge in [0.25, 0.3) is 5.91 Å². The third kappa shape index (κ3) is 3.67. The molecule has 0 bridgehead atoms. The van der Waals surface area contributed by atoms with Crippen molar-refractivity contribution in [2.24, 2.45) is 11.8 Å². The van der Waals surface area contributed by atoms with Gasteiger partial charge in [-0.2, -0.15) is 0 Å². The van der Waals surface area contributed by atoms with E-state index in [2.05, 4.69) is 37.9 Å². The van der Waals surface area contributed by atoms with Gasteiger partial charge in [-0.3, -0.25) is 9.69 Å². The lowest BCUT2D eigenvalue weighted by Gasteiger charge is -2.25. The van der Waals surface area contributed by atoms with E-state index in [9.17, 15) is 4.79 Å². The maximum Gasteiger partial charge on any atom is 0.289 e. The Balaban J connectivity index is 1.39. The summed E-state index contributed by atoms with van der Waals surface area (Å²) in [5.41, 5.74) is 0. The van der Waals surface area contributed by atoms with Crippen molar-refractivity contribution in [3.05, 3.63) is 34.0 Å². The van der Waals surface area contributed by atoms with Crippen LogP contribution in [0.15, 0.2) is 17.5 Å². The molecule has 1 fully saturated rings. The van der Waals surface area contributed by atoms with Crippen LogP contribution in [0.5, 0.6) is 0 Å². The number of thiophene rings is 1. The van der Waals surface area contributed by atoms with E-state index < -0.39 is 0 Å². The minimum absolute atomic E-state index is 0.113. The molecule has 4 rings (SSSR count). The minimum Gasteiger partial charge on any atom is -0.348 e. The lowest BCUT2D eigenvalue weighted by molar-refractivity contribution is 0.0932. The van der Waals surface area contributed by atoms with Crippen LogP contribution in [-0.4, -0.2) is 70.7 Å². The molecule has 2 atom stereocenters. The van der Waals surface area contributed by atoms with Gasteiger partial charge in [0.15, 0.2) is 0 Å². The number of amides is 1. The molecule has 0 spiro atoms. The second-order valence-electron chi connectivity index (χ2n) is 7.61. The standard InChI is InChI=1S/C18H26N6OS/c1-22(2)6-5-19-18(25)17-21-20-16-8-13-9-23(10-14(13)11-24(16)17)12-15-4-3-7-26-15/h3-4,7,13-14H,5-6,8-12H2,1-2H3,(H,19,25)/t13-,14+/m0/s1. The summed E-state index contributed by atoms with van der Waals surface area (Å²) in [5, 5.41) is 13.6. The van der Waals surface area contributed by atoms with Gasteiger partial charge in [-0.25, -0.2) is 0 Å². The van der Waals surface area contributed by atoms with Crippen LogP contribution in [0.25, 0.3) is 0 Å². The van der Waals surface area contributed by atoms with Crippen LogP contribution >= 0.6 is 11.3 Å². The molecule has 0 saturated carbocycles. The molecule has 7 nitrogen and oxygen atoms in total. The van der Waals surface area contributed by atoms with Crippen LogP contribution < -0.4 is 5.32 Å². The number of carbonyl (C=O) groups excluding carboxylic acids is 1. The van der Waals surface area contributed by atoms with Gasteiger partial charge in [-0.05, 0) is 37.4 Å². The lowest BCUT2D eigenvalue weighted by atomic mass is 9.89. The average Bonchev–Trinajstić information content (AvgIpc) is 3.31. The van der Waals surface area contributed by atoms with Gasteiger partial charge in [-0.1, -0.05) is 6.07 Å². The third-order valence-electron chi connectivity index (χ3n) is 5.35. The molecule has 1 amide bonds. The Labute approximate surface area is 158 Å². The normalized spacial score (nSPS) is 22.4. The van der Waals surface area contributed by atoms with Gasteiger partial charge in [0.1, 0.15) is 5.82 Å². The monoisotopic (exact) mass is 374 g/mol. The van der Waals surface area contributed by atoms with Gasteiger partial charge < -0.3 is 14.8 Å². The fourth-order valence-corrected chi connectivity index (χ4v) is 4.76. The molecule has 2 aliphatic rings. The first-order valence-corrected chi connectivity index (χ1v) is 10.1. The van der Waals surface area contributed by atoms with E-state index in [0.29, 0.717) is 24.2 Å². The maximum absolute atomic E-state index is 12.5. The Morgan fingerprint density at radius 2 is 2.15 bits per heavy atom. The van der Waals surface area contributed by atoms with Crippen LogP contribution in [0, 0.1) is 11.8 Å². The zero-order valence-electron chi connectivity index (χ0n) is 15.4. The van der Waals surface area contributed by atoms with E-state index in [0.717, 1.165) is 45.0 Å². The third-order valence-corrected chi connectivity index (χ3v) is 6.21. The van der Waals surface area contributed by atoms with Crippen molar-refractivity contribution in [3.8, 4) is 0 Å². The number of hydrogen-bond acceptors (Lipinski definition) is 6. The smallest absolute Gasteiger partial charge is 0.289 e. The van der Waals surface area contributed by atoms with Gasteiger partial charge >= 0.3 is 0 Å². The molecule has 8 heteroatoms. The predicted molar refractivity (Wildman–Crippen MR) is 101 cm³/mol. The molecule has 1 N–H and O–H groups in total. The number of aromatic nitrogens is 3. The molecule has 2 aromatic rings. The van der Waals surface area contributed by atoms with E-state index in [1.807, 2.05) is 34.9 Å². The number of likely N-dealkylation sites (tertiary alicyclic amines) is 1. The second-order valence-corrected chi connectivity index (χ2v) is 8.64. The number of nitrogens with one attached hydrogen (secondary N) is 1. The van der Waals surface area contributed by atoms with E-state index in [1.165, 1.54) is 4.88 Å². The summed E-state index contributed by atoms with van der Waals surface area (Å²) in [6, 6.07) is 4.32. The molecular formula is C18H26N6OS. The Morgan fingerprint density at radius 3 is 2.92 bits per heavy atom. The molecule has 0 radical (unpaired) electrons. The number of hydrogen-bond donors (Lipinski definition) is 1. The van der Waals surface area contributed by atoms with E-state index >= 15 is 0 Å². The summed E-state index contributed by atoms with van der Waals surface area (Å²) >= 11 is 1.82. The molecule has 1 saturated heterocycles. The number of likely N-dealkylation sites (N-methyl/N-ethyl adjacent to an activating group) is 1. The fourth-order valence-electron chi connectivity index (χ4n) is 4.01. The van der Waals surface area contributed by atoms with Gasteiger partial charge in [-0.15, -0.1) is 21.5 Å². The first-order chi connectivity index (χ1) is 12.6. The van der Waals surface area contributed by atoms with Crippen molar-refractivity contribution in [1.82, 2.24) is 29.9 Å². The highest BCUT2D eigenvalue weighted by Gasteiger charge is 2.39. The first-order valence-electron chi connectivity index (χ1n) is 9.20. The molecule has 2 aliphatic heterocycles. The molecule has 26 heavy (non-hydrogen) atoms. The first kappa shape index (κ1) is 17.6. The Hall–Kier alpha value is -1.77. The molecule has 0 aliphatic carbocycles. The van der Waals surface area contributed by atoms with Crippen molar-refractivity contribution in [2.75, 3.05) is 40.3 Å². The van der Waals surface area contributed by atoms with Crippen molar-refractivity contribution >= 4 is 17.2 Å². The number of fused-ring (bicyclic) bond motifs is 2. The molecular weight excluding hydrogens is 348 g/mol. The topological polar surface area (TPSA) is 66.3 Å². The summed E-state index contributed by atoms with van der Waals surface area (Å²) in [5.74, 6) is 2.51. The zero-order valence-corrected chi connectivity index (χ0v) is 16.2. The van der Waals surface area contributed by atoms with Gasteiger partial charge in [0.05, 0.1) is 0 Å². The minimum atomic E-state index is -0.113. The van der Waals surface area contributed by atoms with Gasteiger partial charge in [0, 0.05) is 50.6 Å². The predicted octanol–water partition coefficient (Wildman–Crippen LogP) is 0.935. The van der Waals surface area contributed by atoms with Crippen molar-refractivity contribution in [3.63, 3.8) is 0 Å². The fraction of sp³-hybridized carbons (Fsp3) is 0.611. The van der Waals surface area contributed by atoms with Crippen LogP contribution in [0.4, 0.5) is 0 Å². The van der Waals surface area contributed by atoms with Crippen LogP contribution in [0.3, 0.4) is 0 Å². The quantitative estimate of drug-likeness (QED) is 0.815. The zero-order chi connectivity index (χ0) is 18.1. The second kappa shape index (κ2) is 7.46. The Bertz CT molecular complexity index is 756. The highest BCUT2D eigenvalue weighted by molar-refractivity contribution is 7.09. The largest absolute Gasteiger partial charge is 0.348 e. The molecule has 140 valence electrons. The SMILES string of the molecule is CN(C)CCNC(=O)c1nnc2n1C[C@H]1CN(Cc3cccs3)C[C@@H]1C2. The van der Waals surface area contributed by atoms with E-state index in [4.69, 9.17) is 0 Å². The summed E-state index contributed by atoms with van der Waals surface area (Å²) in [4.78, 5) is 18.5. The Morgan fingerprint density at radius 1 is 1.31 bits per heavy atom. The van der Waals surface area contributed by atoms with Crippen molar-refractivity contribution in [2.45, 2.75) is 19.5 Å². The maximum atomic E-state index is 12.5. The highest BCUT2D eigenvalue weighted by Crippen LogP contribution is 2.33. The van der Waals surface area contributed by atoms with Crippen molar-refractivity contribution in [1.29, 1.82) is 0 Å². The molecule has 2 aromatic heterocycles. The van der Waals surface area contributed by atoms with Crippen LogP contribution in [0.1, 0.15) is 21.3 Å².